The van der Waals surface area contributed by atoms with Gasteiger partial charge in [-0.25, -0.2) is 5.43 Å². The fourth-order valence-electron chi connectivity index (χ4n) is 2.33. The van der Waals surface area contributed by atoms with Crippen LogP contribution in [0.25, 0.3) is 6.08 Å². The van der Waals surface area contributed by atoms with Gasteiger partial charge >= 0.3 is 0 Å². The molecule has 0 bridgehead atoms. The van der Waals surface area contributed by atoms with Gasteiger partial charge in [-0.05, 0) is 47.7 Å². The number of carbonyl (C=O) groups excluding carboxylic acids is 1. The van der Waals surface area contributed by atoms with Crippen LogP contribution in [0.5, 0.6) is 5.75 Å². The second kappa shape index (κ2) is 9.78. The van der Waals surface area contributed by atoms with Crippen molar-refractivity contribution in [2.45, 2.75) is 26.7 Å². The van der Waals surface area contributed by atoms with Gasteiger partial charge in [0.05, 0.1) is 0 Å². The Balaban J connectivity index is 1.84. The predicted octanol–water partition coefficient (Wildman–Crippen LogP) is 4.97. The molecule has 0 aromatic heterocycles. The first-order chi connectivity index (χ1) is 12.5. The summed E-state index contributed by atoms with van der Waals surface area (Å²) in [6.45, 7) is 6.09. The molecule has 2 aromatic carbocycles. The Kier molecular flexibility index (Phi) is 7.42. The third-order valence-electron chi connectivity index (χ3n) is 3.68. The highest BCUT2D eigenvalue weighted by atomic mass is 35.5. The number of allylic oxidation sites excluding steroid dienone is 1. The maximum Gasteiger partial charge on any atom is 0.277 e. The minimum atomic E-state index is -0.316. The van der Waals surface area contributed by atoms with Crippen molar-refractivity contribution >= 4 is 29.8 Å². The van der Waals surface area contributed by atoms with Gasteiger partial charge in [0, 0.05) is 11.2 Å². The van der Waals surface area contributed by atoms with Gasteiger partial charge in [-0.1, -0.05) is 61.9 Å². The molecule has 0 heterocycles. The maximum absolute atomic E-state index is 11.9. The topological polar surface area (TPSA) is 50.7 Å². The van der Waals surface area contributed by atoms with Gasteiger partial charge < -0.3 is 4.74 Å². The van der Waals surface area contributed by atoms with Gasteiger partial charge in [0.15, 0.2) is 6.61 Å². The largest absolute Gasteiger partial charge is 0.483 e. The summed E-state index contributed by atoms with van der Waals surface area (Å²) in [6, 6.07) is 13.5. The fraction of sp³-hybridized carbons (Fsp3) is 0.238. The molecule has 0 aliphatic carbocycles. The lowest BCUT2D eigenvalue weighted by atomic mass is 10.0. The van der Waals surface area contributed by atoms with E-state index in [0.29, 0.717) is 10.9 Å². The molecular weight excluding hydrogens is 348 g/mol. The van der Waals surface area contributed by atoms with Crippen molar-refractivity contribution in [1.82, 2.24) is 5.43 Å². The number of nitrogens with one attached hydrogen (secondary N) is 1. The fourth-order valence-corrected chi connectivity index (χ4v) is 2.53. The Morgan fingerprint density at radius 1 is 1.27 bits per heavy atom. The zero-order valence-corrected chi connectivity index (χ0v) is 16.0. The van der Waals surface area contributed by atoms with E-state index < -0.39 is 0 Å². The van der Waals surface area contributed by atoms with Crippen molar-refractivity contribution in [2.24, 2.45) is 5.10 Å². The van der Waals surface area contributed by atoms with Crippen LogP contribution in [0.2, 0.25) is 5.02 Å². The van der Waals surface area contributed by atoms with E-state index in [2.05, 4.69) is 24.4 Å². The van der Waals surface area contributed by atoms with Crippen LogP contribution in [-0.2, 0) is 4.79 Å². The second-order valence-corrected chi connectivity index (χ2v) is 6.59. The Morgan fingerprint density at radius 2 is 2.04 bits per heavy atom. The first kappa shape index (κ1) is 19.7. The van der Waals surface area contributed by atoms with Gasteiger partial charge in [0.1, 0.15) is 5.75 Å². The average molecular weight is 371 g/mol. The molecule has 0 atom stereocenters. The summed E-state index contributed by atoms with van der Waals surface area (Å²) in [5.74, 6) is 0.739. The molecule has 0 radical (unpaired) electrons. The minimum Gasteiger partial charge on any atom is -0.483 e. The Morgan fingerprint density at radius 3 is 2.77 bits per heavy atom. The lowest BCUT2D eigenvalue weighted by Crippen LogP contribution is -2.24. The molecular formula is C21H23ClN2O2. The average Bonchev–Trinajstić information content (AvgIpc) is 2.61. The number of halogens is 1. The summed E-state index contributed by atoms with van der Waals surface area (Å²) in [5, 5.41) is 4.53. The Labute approximate surface area is 159 Å². The highest BCUT2D eigenvalue weighted by Crippen LogP contribution is 2.27. The zero-order chi connectivity index (χ0) is 18.9. The molecule has 2 rings (SSSR count). The van der Waals surface area contributed by atoms with E-state index in [0.717, 1.165) is 22.4 Å². The minimum absolute atomic E-state index is 0.0886. The van der Waals surface area contributed by atoms with E-state index in [4.69, 9.17) is 16.3 Å². The number of hydrazone groups is 1. The molecule has 0 fully saturated rings. The number of hydrogen-bond donors (Lipinski definition) is 1. The van der Waals surface area contributed by atoms with E-state index in [1.54, 1.807) is 6.08 Å². The van der Waals surface area contributed by atoms with Crippen LogP contribution in [-0.4, -0.2) is 18.7 Å². The van der Waals surface area contributed by atoms with Crippen LogP contribution in [0.4, 0.5) is 0 Å². The van der Waals surface area contributed by atoms with E-state index in [1.165, 1.54) is 6.21 Å². The van der Waals surface area contributed by atoms with E-state index in [9.17, 15) is 4.79 Å². The molecule has 0 saturated heterocycles. The maximum atomic E-state index is 11.9. The monoisotopic (exact) mass is 370 g/mol. The van der Waals surface area contributed by atoms with Gasteiger partial charge in [-0.15, -0.1) is 0 Å². The summed E-state index contributed by atoms with van der Waals surface area (Å²) in [7, 11) is 0. The number of benzene rings is 2. The SMILES string of the molecule is Cc1ccc(C(C)C)c(OCC(=O)N/N=C/C=C/c2ccccc2Cl)c1. The van der Waals surface area contributed by atoms with E-state index in [-0.39, 0.29) is 12.5 Å². The first-order valence-corrected chi connectivity index (χ1v) is 8.81. The quantitative estimate of drug-likeness (QED) is 0.552. The lowest BCUT2D eigenvalue weighted by Gasteiger charge is -2.14. The third kappa shape index (κ3) is 6.05. The van der Waals surface area contributed by atoms with Crippen molar-refractivity contribution in [3.8, 4) is 5.75 Å². The van der Waals surface area contributed by atoms with Gasteiger partial charge in [-0.3, -0.25) is 4.79 Å². The molecule has 136 valence electrons. The van der Waals surface area contributed by atoms with Gasteiger partial charge in [0.2, 0.25) is 0 Å². The van der Waals surface area contributed by atoms with Crippen molar-refractivity contribution in [2.75, 3.05) is 6.61 Å². The van der Waals surface area contributed by atoms with Crippen LogP contribution in [0.3, 0.4) is 0 Å². The lowest BCUT2D eigenvalue weighted by molar-refractivity contribution is -0.123. The molecule has 4 nitrogen and oxygen atoms in total. The highest BCUT2D eigenvalue weighted by molar-refractivity contribution is 6.32. The number of nitrogens with zero attached hydrogens (tertiary/aromatic N) is 1. The molecule has 1 N–H and O–H groups in total. The predicted molar refractivity (Wildman–Crippen MR) is 108 cm³/mol. The first-order valence-electron chi connectivity index (χ1n) is 8.44. The van der Waals surface area contributed by atoms with Crippen LogP contribution in [0.1, 0.15) is 36.5 Å². The van der Waals surface area contributed by atoms with Gasteiger partial charge in [0.25, 0.3) is 5.91 Å². The van der Waals surface area contributed by atoms with E-state index >= 15 is 0 Å². The van der Waals surface area contributed by atoms with Crippen LogP contribution >= 0.6 is 11.6 Å². The summed E-state index contributed by atoms with van der Waals surface area (Å²) in [5.41, 5.74) is 5.49. The summed E-state index contributed by atoms with van der Waals surface area (Å²) >= 11 is 6.05. The standard InChI is InChI=1S/C21H23ClN2O2/c1-15(2)18-11-10-16(3)13-20(18)26-14-21(25)24-23-12-6-8-17-7-4-5-9-19(17)22/h4-13,15H,14H2,1-3H3,(H,24,25)/b8-6+,23-12+. The number of carbonyl (C=O) groups is 1. The summed E-state index contributed by atoms with van der Waals surface area (Å²) in [6.07, 6.45) is 5.02. The molecule has 0 unspecified atom stereocenters. The highest BCUT2D eigenvalue weighted by Gasteiger charge is 2.09. The van der Waals surface area contributed by atoms with Crippen molar-refractivity contribution < 1.29 is 9.53 Å². The van der Waals surface area contributed by atoms with Crippen molar-refractivity contribution in [1.29, 1.82) is 0 Å². The van der Waals surface area contributed by atoms with E-state index in [1.807, 2.05) is 55.5 Å². The molecule has 1 amide bonds. The molecule has 2 aromatic rings. The summed E-state index contributed by atoms with van der Waals surface area (Å²) < 4.78 is 5.66. The molecule has 0 aliphatic heterocycles. The van der Waals surface area contributed by atoms with Crippen molar-refractivity contribution in [3.63, 3.8) is 0 Å². The van der Waals surface area contributed by atoms with Gasteiger partial charge in [-0.2, -0.15) is 5.10 Å². The number of aryl methyl sites for hydroxylation is 1. The molecule has 0 saturated carbocycles. The Hall–Kier alpha value is -2.59. The zero-order valence-electron chi connectivity index (χ0n) is 15.2. The number of hydrogen-bond acceptors (Lipinski definition) is 3. The normalized spacial score (nSPS) is 11.4. The second-order valence-electron chi connectivity index (χ2n) is 6.18. The molecule has 26 heavy (non-hydrogen) atoms. The number of amides is 1. The van der Waals surface area contributed by atoms with Crippen molar-refractivity contribution in [3.05, 3.63) is 70.3 Å². The third-order valence-corrected chi connectivity index (χ3v) is 4.02. The molecule has 5 heteroatoms. The number of rotatable bonds is 7. The Bertz CT molecular complexity index is 813. The molecule has 0 spiro atoms. The molecule has 0 aliphatic rings. The summed E-state index contributed by atoms with van der Waals surface area (Å²) in [4.78, 5) is 11.9. The van der Waals surface area contributed by atoms with Crippen LogP contribution < -0.4 is 10.2 Å². The number of ether oxygens (including phenoxy) is 1. The van der Waals surface area contributed by atoms with Crippen LogP contribution in [0, 0.1) is 6.92 Å². The van der Waals surface area contributed by atoms with Crippen LogP contribution in [0.15, 0.2) is 53.6 Å². The smallest absolute Gasteiger partial charge is 0.277 e.